The van der Waals surface area contributed by atoms with Crippen LogP contribution in [0.4, 0.5) is 13.2 Å². The molecular formula is C27H22F3N3O2. The van der Waals surface area contributed by atoms with Crippen molar-refractivity contribution in [3.8, 4) is 16.9 Å². The number of alkyl halides is 3. The Morgan fingerprint density at radius 2 is 1.77 bits per heavy atom. The maximum absolute atomic E-state index is 13.3. The number of amides is 1. The molecule has 2 heterocycles. The molecule has 0 aliphatic carbocycles. The van der Waals surface area contributed by atoms with Gasteiger partial charge in [-0.3, -0.25) is 4.79 Å². The quantitative estimate of drug-likeness (QED) is 0.339. The predicted molar refractivity (Wildman–Crippen MR) is 129 cm³/mol. The highest BCUT2D eigenvalue weighted by molar-refractivity contribution is 6.11. The Bertz CT molecular complexity index is 1600. The lowest BCUT2D eigenvalue weighted by molar-refractivity contribution is -0.137. The lowest BCUT2D eigenvalue weighted by Crippen LogP contribution is -2.18. The van der Waals surface area contributed by atoms with Crippen molar-refractivity contribution in [2.24, 2.45) is 12.8 Å². The van der Waals surface area contributed by atoms with Gasteiger partial charge in [-0.1, -0.05) is 18.2 Å². The van der Waals surface area contributed by atoms with Gasteiger partial charge in [0.15, 0.2) is 0 Å². The third-order valence-corrected chi connectivity index (χ3v) is 6.27. The number of aryl methyl sites for hydroxylation is 1. The monoisotopic (exact) mass is 477 g/mol. The summed E-state index contributed by atoms with van der Waals surface area (Å²) in [5, 5.41) is 1.71. The van der Waals surface area contributed by atoms with Crippen molar-refractivity contribution >= 4 is 27.7 Å². The van der Waals surface area contributed by atoms with Crippen molar-refractivity contribution in [1.82, 2.24) is 9.13 Å². The van der Waals surface area contributed by atoms with Gasteiger partial charge in [0.05, 0.1) is 12.7 Å². The summed E-state index contributed by atoms with van der Waals surface area (Å²) in [4.78, 5) is 12.8. The summed E-state index contributed by atoms with van der Waals surface area (Å²) < 4.78 is 49.0. The number of rotatable bonds is 5. The minimum atomic E-state index is -4.47. The molecule has 178 valence electrons. The number of primary amides is 1. The van der Waals surface area contributed by atoms with Gasteiger partial charge in [-0.05, 0) is 59.7 Å². The number of hydrogen-bond donors (Lipinski definition) is 1. The van der Waals surface area contributed by atoms with E-state index in [0.717, 1.165) is 34.0 Å². The SMILES string of the molecule is COc1ccc2c(c1)c(-c1ccc3c(ccn3C)c1)c(C(N)=O)n2Cc1cccc(C(F)(F)F)c1. The topological polar surface area (TPSA) is 62.2 Å². The molecule has 0 aliphatic rings. The largest absolute Gasteiger partial charge is 0.497 e. The van der Waals surface area contributed by atoms with E-state index in [2.05, 4.69) is 0 Å². The van der Waals surface area contributed by atoms with E-state index in [-0.39, 0.29) is 12.2 Å². The number of carbonyl (C=O) groups is 1. The molecule has 0 atom stereocenters. The van der Waals surface area contributed by atoms with Crippen LogP contribution in [0.25, 0.3) is 32.9 Å². The second-order valence-corrected chi connectivity index (χ2v) is 8.46. The number of benzene rings is 3. The van der Waals surface area contributed by atoms with E-state index in [0.29, 0.717) is 22.4 Å². The molecule has 35 heavy (non-hydrogen) atoms. The van der Waals surface area contributed by atoms with Crippen molar-refractivity contribution in [3.05, 3.63) is 89.7 Å². The van der Waals surface area contributed by atoms with Crippen LogP contribution in [-0.2, 0) is 19.8 Å². The summed E-state index contributed by atoms with van der Waals surface area (Å²) in [6.45, 7) is 0.0403. The normalized spacial score (nSPS) is 11.9. The number of ether oxygens (including phenoxy) is 1. The minimum Gasteiger partial charge on any atom is -0.497 e. The maximum atomic E-state index is 13.3. The van der Waals surface area contributed by atoms with Gasteiger partial charge in [0.25, 0.3) is 5.91 Å². The first-order valence-electron chi connectivity index (χ1n) is 10.9. The van der Waals surface area contributed by atoms with Crippen LogP contribution in [0.2, 0.25) is 0 Å². The van der Waals surface area contributed by atoms with Crippen LogP contribution in [0.15, 0.2) is 72.9 Å². The van der Waals surface area contributed by atoms with Gasteiger partial charge in [-0.2, -0.15) is 13.2 Å². The molecule has 2 aromatic heterocycles. The van der Waals surface area contributed by atoms with Crippen molar-refractivity contribution in [2.45, 2.75) is 12.7 Å². The third kappa shape index (κ3) is 3.90. The average molecular weight is 477 g/mol. The fourth-order valence-corrected chi connectivity index (χ4v) is 4.64. The number of carbonyl (C=O) groups excluding carboxylic acids is 1. The van der Waals surface area contributed by atoms with Crippen molar-refractivity contribution in [3.63, 3.8) is 0 Å². The molecular weight excluding hydrogens is 455 g/mol. The summed E-state index contributed by atoms with van der Waals surface area (Å²) in [6.07, 6.45) is -2.52. The lowest BCUT2D eigenvalue weighted by atomic mass is 10.00. The highest BCUT2D eigenvalue weighted by Crippen LogP contribution is 2.39. The predicted octanol–water partition coefficient (Wildman–Crippen LogP) is 5.97. The maximum Gasteiger partial charge on any atom is 0.416 e. The van der Waals surface area contributed by atoms with Crippen LogP contribution in [0.5, 0.6) is 5.75 Å². The number of nitrogens with two attached hydrogens (primary N) is 1. The summed E-state index contributed by atoms with van der Waals surface area (Å²) >= 11 is 0. The van der Waals surface area contributed by atoms with Gasteiger partial charge in [-0.25, -0.2) is 0 Å². The first kappa shape index (κ1) is 22.6. The number of hydrogen-bond acceptors (Lipinski definition) is 2. The van der Waals surface area contributed by atoms with Crippen LogP contribution in [0.1, 0.15) is 21.6 Å². The smallest absolute Gasteiger partial charge is 0.416 e. The van der Waals surface area contributed by atoms with Crippen molar-refractivity contribution in [1.29, 1.82) is 0 Å². The second-order valence-electron chi connectivity index (χ2n) is 8.46. The summed E-state index contributed by atoms with van der Waals surface area (Å²) in [5.41, 5.74) is 8.85. The molecule has 5 rings (SSSR count). The molecule has 5 nitrogen and oxygen atoms in total. The number of aromatic nitrogens is 2. The molecule has 1 amide bonds. The molecule has 2 N–H and O–H groups in total. The van der Waals surface area contributed by atoms with Crippen molar-refractivity contribution < 1.29 is 22.7 Å². The van der Waals surface area contributed by atoms with Gasteiger partial charge < -0.3 is 19.6 Å². The number of fused-ring (bicyclic) bond motifs is 2. The Kier molecular flexibility index (Phi) is 5.31. The highest BCUT2D eigenvalue weighted by atomic mass is 19.4. The average Bonchev–Trinajstić information content (AvgIpc) is 3.35. The van der Waals surface area contributed by atoms with E-state index in [9.17, 15) is 18.0 Å². The van der Waals surface area contributed by atoms with Crippen LogP contribution < -0.4 is 10.5 Å². The van der Waals surface area contributed by atoms with Gasteiger partial charge in [0, 0.05) is 47.2 Å². The third-order valence-electron chi connectivity index (χ3n) is 6.27. The van der Waals surface area contributed by atoms with E-state index in [1.54, 1.807) is 29.9 Å². The molecule has 5 aromatic rings. The van der Waals surface area contributed by atoms with Gasteiger partial charge in [0.1, 0.15) is 11.4 Å². The molecule has 8 heteroatoms. The summed E-state index contributed by atoms with van der Waals surface area (Å²) in [7, 11) is 3.49. The van der Waals surface area contributed by atoms with E-state index in [4.69, 9.17) is 10.5 Å². The van der Waals surface area contributed by atoms with E-state index < -0.39 is 17.6 Å². The van der Waals surface area contributed by atoms with Gasteiger partial charge in [-0.15, -0.1) is 0 Å². The zero-order chi connectivity index (χ0) is 24.9. The molecule has 0 radical (unpaired) electrons. The number of nitrogens with zero attached hydrogens (tertiary/aromatic N) is 2. The van der Waals surface area contributed by atoms with Crippen LogP contribution in [0, 0.1) is 0 Å². The zero-order valence-corrected chi connectivity index (χ0v) is 19.1. The first-order valence-corrected chi connectivity index (χ1v) is 10.9. The first-order chi connectivity index (χ1) is 16.7. The molecule has 0 saturated carbocycles. The van der Waals surface area contributed by atoms with Gasteiger partial charge in [0.2, 0.25) is 0 Å². The Labute approximate surface area is 199 Å². The van der Waals surface area contributed by atoms with E-state index >= 15 is 0 Å². The van der Waals surface area contributed by atoms with Crippen LogP contribution in [0.3, 0.4) is 0 Å². The molecule has 3 aromatic carbocycles. The molecule has 0 unspecified atom stereocenters. The van der Waals surface area contributed by atoms with E-state index in [1.807, 2.05) is 48.1 Å². The Balaban J connectivity index is 1.77. The molecule has 0 spiro atoms. The van der Waals surface area contributed by atoms with Crippen LogP contribution >= 0.6 is 0 Å². The van der Waals surface area contributed by atoms with Gasteiger partial charge >= 0.3 is 6.18 Å². The lowest BCUT2D eigenvalue weighted by Gasteiger charge is -2.13. The minimum absolute atomic E-state index is 0.0403. The van der Waals surface area contributed by atoms with E-state index in [1.165, 1.54) is 6.07 Å². The Hall–Kier alpha value is -4.20. The molecule has 0 saturated heterocycles. The fraction of sp³-hybridized carbons (Fsp3) is 0.148. The molecule has 0 bridgehead atoms. The molecule has 0 fully saturated rings. The number of methoxy groups -OCH3 is 1. The summed E-state index contributed by atoms with van der Waals surface area (Å²) in [6, 6.07) is 18.3. The Morgan fingerprint density at radius 3 is 2.49 bits per heavy atom. The Morgan fingerprint density at radius 1 is 1.00 bits per heavy atom. The number of halogens is 3. The fourth-order valence-electron chi connectivity index (χ4n) is 4.64. The van der Waals surface area contributed by atoms with Crippen molar-refractivity contribution in [2.75, 3.05) is 7.11 Å². The highest BCUT2D eigenvalue weighted by Gasteiger charge is 2.30. The zero-order valence-electron chi connectivity index (χ0n) is 19.1. The summed E-state index contributed by atoms with van der Waals surface area (Å²) in [5.74, 6) is -0.0814. The second kappa shape index (κ2) is 8.23. The standard InChI is InChI=1S/C27H22F3N3O2/c1-32-11-10-17-13-18(6-8-22(17)32)24-21-14-20(35-2)7-9-23(21)33(25(24)26(31)34)15-16-4-3-5-19(12-16)27(28,29)30/h3-14H,15H2,1-2H3,(H2,31,34). The molecule has 0 aliphatic heterocycles. The van der Waals surface area contributed by atoms with Crippen LogP contribution in [-0.4, -0.2) is 22.2 Å².